The lowest BCUT2D eigenvalue weighted by Gasteiger charge is -2.21. The summed E-state index contributed by atoms with van der Waals surface area (Å²) >= 11 is 5.94. The molecule has 21 heavy (non-hydrogen) atoms. The summed E-state index contributed by atoms with van der Waals surface area (Å²) < 4.78 is 0. The summed E-state index contributed by atoms with van der Waals surface area (Å²) in [6.45, 7) is 2.32. The van der Waals surface area contributed by atoms with E-state index in [1.807, 2.05) is 0 Å². The maximum absolute atomic E-state index is 12.4. The molecular formula is C13H14ClN3O4. The molecule has 112 valence electrons. The molecule has 1 aromatic carbocycles. The quantitative estimate of drug-likeness (QED) is 0.675. The van der Waals surface area contributed by atoms with Crippen LogP contribution in [0.4, 0.5) is 5.69 Å². The lowest BCUT2D eigenvalue weighted by Crippen LogP contribution is -2.38. The maximum atomic E-state index is 12.4. The highest BCUT2D eigenvalue weighted by Gasteiger charge is 2.41. The van der Waals surface area contributed by atoms with Gasteiger partial charge in [0.2, 0.25) is 5.91 Å². The summed E-state index contributed by atoms with van der Waals surface area (Å²) in [5, 5.41) is 10.7. The second-order valence-electron chi connectivity index (χ2n) is 5.32. The number of halogens is 1. The van der Waals surface area contributed by atoms with E-state index in [0.29, 0.717) is 13.0 Å². The van der Waals surface area contributed by atoms with Gasteiger partial charge in [0.05, 0.1) is 20.9 Å². The Kier molecular flexibility index (Phi) is 3.87. The van der Waals surface area contributed by atoms with E-state index in [1.54, 1.807) is 6.92 Å². The first kappa shape index (κ1) is 15.2. The summed E-state index contributed by atoms with van der Waals surface area (Å²) in [6, 6.07) is 3.68. The Labute approximate surface area is 125 Å². The second-order valence-corrected chi connectivity index (χ2v) is 5.73. The molecule has 1 aliphatic heterocycles. The SMILES string of the molecule is CC1(C(N)=O)CCN(C(=O)c2ccc([N+](=O)[O-])cc2Cl)C1. The van der Waals surface area contributed by atoms with Crippen LogP contribution in [0.15, 0.2) is 18.2 Å². The molecule has 1 aliphatic rings. The number of benzene rings is 1. The highest BCUT2D eigenvalue weighted by Crippen LogP contribution is 2.32. The number of carbonyl (C=O) groups is 2. The highest BCUT2D eigenvalue weighted by molar-refractivity contribution is 6.34. The zero-order valence-electron chi connectivity index (χ0n) is 11.3. The van der Waals surface area contributed by atoms with Crippen molar-refractivity contribution >= 4 is 29.1 Å². The lowest BCUT2D eigenvalue weighted by atomic mass is 9.89. The third-order valence-electron chi connectivity index (χ3n) is 3.75. The third kappa shape index (κ3) is 2.82. The first-order chi connectivity index (χ1) is 9.74. The number of likely N-dealkylation sites (tertiary alicyclic amines) is 1. The average Bonchev–Trinajstić information content (AvgIpc) is 2.82. The fraction of sp³-hybridized carbons (Fsp3) is 0.385. The van der Waals surface area contributed by atoms with Crippen LogP contribution in [-0.4, -0.2) is 34.7 Å². The van der Waals surface area contributed by atoms with Gasteiger partial charge < -0.3 is 10.6 Å². The van der Waals surface area contributed by atoms with Gasteiger partial charge in [0.25, 0.3) is 11.6 Å². The van der Waals surface area contributed by atoms with Crippen LogP contribution in [0.3, 0.4) is 0 Å². The minimum Gasteiger partial charge on any atom is -0.369 e. The summed E-state index contributed by atoms with van der Waals surface area (Å²) in [5.41, 5.74) is 4.59. The second kappa shape index (κ2) is 5.33. The predicted molar refractivity (Wildman–Crippen MR) is 75.9 cm³/mol. The Morgan fingerprint density at radius 1 is 1.48 bits per heavy atom. The lowest BCUT2D eigenvalue weighted by molar-refractivity contribution is -0.384. The zero-order chi connectivity index (χ0) is 15.8. The first-order valence-electron chi connectivity index (χ1n) is 6.28. The molecule has 1 atom stereocenters. The van der Waals surface area contributed by atoms with E-state index in [0.717, 1.165) is 6.07 Å². The molecule has 0 bridgehead atoms. The molecule has 0 aliphatic carbocycles. The predicted octanol–water partition coefficient (Wildman–Crippen LogP) is 1.59. The number of nitrogens with zero attached hydrogens (tertiary/aromatic N) is 2. The van der Waals surface area contributed by atoms with Crippen molar-refractivity contribution in [2.24, 2.45) is 11.1 Å². The zero-order valence-corrected chi connectivity index (χ0v) is 12.1. The van der Waals surface area contributed by atoms with Crippen molar-refractivity contribution in [3.8, 4) is 0 Å². The van der Waals surface area contributed by atoms with Gasteiger partial charge in [-0.3, -0.25) is 19.7 Å². The number of nitrogens with two attached hydrogens (primary N) is 1. The van der Waals surface area contributed by atoms with Crippen LogP contribution in [0.25, 0.3) is 0 Å². The van der Waals surface area contributed by atoms with Crippen molar-refractivity contribution < 1.29 is 14.5 Å². The fourth-order valence-corrected chi connectivity index (χ4v) is 2.55. The van der Waals surface area contributed by atoms with Gasteiger partial charge in [-0.05, 0) is 19.4 Å². The number of primary amides is 1. The summed E-state index contributed by atoms with van der Waals surface area (Å²) in [6.07, 6.45) is 0.485. The topological polar surface area (TPSA) is 107 Å². The molecule has 7 nitrogen and oxygen atoms in total. The molecule has 1 saturated heterocycles. The highest BCUT2D eigenvalue weighted by atomic mass is 35.5. The summed E-state index contributed by atoms with van der Waals surface area (Å²) in [4.78, 5) is 35.3. The molecule has 0 spiro atoms. The Morgan fingerprint density at radius 2 is 2.14 bits per heavy atom. The van der Waals surface area contributed by atoms with E-state index in [9.17, 15) is 19.7 Å². The minimum atomic E-state index is -0.747. The van der Waals surface area contributed by atoms with Crippen molar-refractivity contribution in [1.82, 2.24) is 4.90 Å². The largest absolute Gasteiger partial charge is 0.369 e. The van der Waals surface area contributed by atoms with E-state index in [2.05, 4.69) is 0 Å². The molecule has 0 aromatic heterocycles. The van der Waals surface area contributed by atoms with Crippen molar-refractivity contribution in [2.45, 2.75) is 13.3 Å². The number of nitro benzene ring substituents is 1. The van der Waals surface area contributed by atoms with Crippen LogP contribution in [0.5, 0.6) is 0 Å². The molecule has 8 heteroatoms. The summed E-state index contributed by atoms with van der Waals surface area (Å²) in [5.74, 6) is -0.813. The molecule has 2 N–H and O–H groups in total. The minimum absolute atomic E-state index is 0.0156. The molecule has 1 heterocycles. The van der Waals surface area contributed by atoms with Gasteiger partial charge in [-0.25, -0.2) is 0 Å². The summed E-state index contributed by atoms with van der Waals surface area (Å²) in [7, 11) is 0. The van der Waals surface area contributed by atoms with Gasteiger partial charge in [0, 0.05) is 25.2 Å². The fourth-order valence-electron chi connectivity index (χ4n) is 2.30. The van der Waals surface area contributed by atoms with Gasteiger partial charge in [0.15, 0.2) is 0 Å². The van der Waals surface area contributed by atoms with Crippen LogP contribution in [0.1, 0.15) is 23.7 Å². The number of hydrogen-bond acceptors (Lipinski definition) is 4. The first-order valence-corrected chi connectivity index (χ1v) is 6.65. The number of carbonyl (C=O) groups excluding carboxylic acids is 2. The molecule has 1 aromatic rings. The van der Waals surface area contributed by atoms with Crippen LogP contribution in [-0.2, 0) is 4.79 Å². The maximum Gasteiger partial charge on any atom is 0.270 e. The van der Waals surface area contributed by atoms with Crippen LogP contribution >= 0.6 is 11.6 Å². The van der Waals surface area contributed by atoms with Gasteiger partial charge in [-0.2, -0.15) is 0 Å². The van der Waals surface area contributed by atoms with Crippen LogP contribution < -0.4 is 5.73 Å². The van der Waals surface area contributed by atoms with E-state index in [-0.39, 0.29) is 28.7 Å². The van der Waals surface area contributed by atoms with Crippen LogP contribution in [0.2, 0.25) is 5.02 Å². The standard InChI is InChI=1S/C13H14ClN3O4/c1-13(12(15)19)4-5-16(7-13)11(18)9-3-2-8(17(20)21)6-10(9)14/h2-3,6H,4-5,7H2,1H3,(H2,15,19). The van der Waals surface area contributed by atoms with Crippen LogP contribution in [0, 0.1) is 15.5 Å². The van der Waals surface area contributed by atoms with Crippen molar-refractivity contribution in [1.29, 1.82) is 0 Å². The average molecular weight is 312 g/mol. The number of amides is 2. The van der Waals surface area contributed by atoms with E-state index in [1.165, 1.54) is 17.0 Å². The monoisotopic (exact) mass is 311 g/mol. The molecule has 2 rings (SSSR count). The van der Waals surface area contributed by atoms with E-state index in [4.69, 9.17) is 17.3 Å². The Morgan fingerprint density at radius 3 is 2.62 bits per heavy atom. The molecule has 0 radical (unpaired) electrons. The smallest absolute Gasteiger partial charge is 0.270 e. The molecule has 1 fully saturated rings. The number of nitro groups is 1. The number of rotatable bonds is 3. The number of hydrogen-bond donors (Lipinski definition) is 1. The molecular weight excluding hydrogens is 298 g/mol. The van der Waals surface area contributed by atoms with E-state index >= 15 is 0 Å². The molecule has 2 amide bonds. The number of non-ortho nitro benzene ring substituents is 1. The molecule has 1 unspecified atom stereocenters. The van der Waals surface area contributed by atoms with E-state index < -0.39 is 16.2 Å². The van der Waals surface area contributed by atoms with Gasteiger partial charge in [0.1, 0.15) is 0 Å². The Hall–Kier alpha value is -2.15. The van der Waals surface area contributed by atoms with Crippen molar-refractivity contribution in [3.63, 3.8) is 0 Å². The van der Waals surface area contributed by atoms with Gasteiger partial charge in [-0.15, -0.1) is 0 Å². The van der Waals surface area contributed by atoms with Crippen molar-refractivity contribution in [2.75, 3.05) is 13.1 Å². The Bertz CT molecular complexity index is 634. The third-order valence-corrected chi connectivity index (χ3v) is 4.06. The molecule has 0 saturated carbocycles. The Balaban J connectivity index is 2.22. The normalized spacial score (nSPS) is 21.3. The van der Waals surface area contributed by atoms with Gasteiger partial charge in [-0.1, -0.05) is 11.6 Å². The van der Waals surface area contributed by atoms with Gasteiger partial charge >= 0.3 is 0 Å². The van der Waals surface area contributed by atoms with Crippen molar-refractivity contribution in [3.05, 3.63) is 38.9 Å².